The topological polar surface area (TPSA) is 79.2 Å². The zero-order valence-electron chi connectivity index (χ0n) is 11.1. The van der Waals surface area contributed by atoms with E-state index in [1.807, 2.05) is 17.0 Å². The molecule has 1 unspecified atom stereocenters. The van der Waals surface area contributed by atoms with Crippen LogP contribution in [0.3, 0.4) is 0 Å². The molecule has 1 N–H and O–H groups in total. The number of aromatic nitrogens is 3. The number of carbonyl (C=O) groups is 1. The van der Waals surface area contributed by atoms with Crippen LogP contribution in [0.25, 0.3) is 11.2 Å². The Balaban J connectivity index is 2.00. The van der Waals surface area contributed by atoms with Crippen LogP contribution in [-0.4, -0.2) is 38.6 Å². The van der Waals surface area contributed by atoms with Gasteiger partial charge in [-0.25, -0.2) is 14.8 Å². The molecule has 0 aromatic carbocycles. The van der Waals surface area contributed by atoms with Crippen molar-refractivity contribution < 1.29 is 9.90 Å². The molecule has 2 aromatic rings. The third kappa shape index (κ3) is 2.41. The molecule has 1 atom stereocenters. The van der Waals surface area contributed by atoms with Crippen molar-refractivity contribution in [1.82, 2.24) is 15.0 Å². The van der Waals surface area contributed by atoms with Gasteiger partial charge >= 0.3 is 5.97 Å². The van der Waals surface area contributed by atoms with Crippen molar-refractivity contribution in [3.63, 3.8) is 0 Å². The van der Waals surface area contributed by atoms with Gasteiger partial charge in [-0.3, -0.25) is 4.98 Å². The van der Waals surface area contributed by atoms with Crippen LogP contribution in [-0.2, 0) is 4.79 Å². The van der Waals surface area contributed by atoms with E-state index >= 15 is 0 Å². The summed E-state index contributed by atoms with van der Waals surface area (Å²) < 4.78 is 0. The molecule has 104 valence electrons. The fourth-order valence-electron chi connectivity index (χ4n) is 2.64. The second-order valence-corrected chi connectivity index (χ2v) is 4.97. The number of hydrogen-bond donors (Lipinski definition) is 1. The van der Waals surface area contributed by atoms with Gasteiger partial charge in [0, 0.05) is 18.9 Å². The Morgan fingerprint density at radius 1 is 1.20 bits per heavy atom. The number of nitrogens with zero attached hydrogens (tertiary/aromatic N) is 4. The lowest BCUT2D eigenvalue weighted by molar-refractivity contribution is -0.138. The first-order valence-electron chi connectivity index (χ1n) is 6.83. The smallest absolute Gasteiger partial charge is 0.326 e. The maximum absolute atomic E-state index is 11.5. The molecular formula is C14H16N4O2. The summed E-state index contributed by atoms with van der Waals surface area (Å²) in [5, 5.41) is 9.41. The van der Waals surface area contributed by atoms with E-state index in [4.69, 9.17) is 0 Å². The van der Waals surface area contributed by atoms with Crippen molar-refractivity contribution in [3.05, 3.63) is 24.5 Å². The van der Waals surface area contributed by atoms with E-state index in [0.717, 1.165) is 31.3 Å². The number of fused-ring (bicyclic) bond motifs is 1. The van der Waals surface area contributed by atoms with Gasteiger partial charge in [-0.15, -0.1) is 0 Å². The van der Waals surface area contributed by atoms with Crippen LogP contribution in [0.15, 0.2) is 24.5 Å². The zero-order valence-corrected chi connectivity index (χ0v) is 11.1. The molecular weight excluding hydrogens is 256 g/mol. The molecule has 6 nitrogen and oxygen atoms in total. The van der Waals surface area contributed by atoms with E-state index in [9.17, 15) is 9.90 Å². The Labute approximate surface area is 116 Å². The molecule has 0 aliphatic carbocycles. The predicted molar refractivity (Wildman–Crippen MR) is 74.6 cm³/mol. The summed E-state index contributed by atoms with van der Waals surface area (Å²) in [6.07, 6.45) is 6.87. The monoisotopic (exact) mass is 272 g/mol. The minimum Gasteiger partial charge on any atom is -0.480 e. The van der Waals surface area contributed by atoms with Crippen LogP contribution < -0.4 is 4.90 Å². The lowest BCUT2D eigenvalue weighted by Crippen LogP contribution is -2.41. The van der Waals surface area contributed by atoms with E-state index in [0.29, 0.717) is 17.9 Å². The minimum atomic E-state index is -0.784. The first kappa shape index (κ1) is 12.8. The summed E-state index contributed by atoms with van der Waals surface area (Å²) in [6, 6.07) is 3.17. The molecule has 0 radical (unpaired) electrons. The van der Waals surface area contributed by atoms with Gasteiger partial charge < -0.3 is 10.0 Å². The molecule has 6 heteroatoms. The number of anilines is 1. The zero-order chi connectivity index (χ0) is 13.9. The van der Waals surface area contributed by atoms with Crippen molar-refractivity contribution in [2.75, 3.05) is 11.4 Å². The van der Waals surface area contributed by atoms with E-state index in [1.165, 1.54) is 0 Å². The molecule has 3 heterocycles. The molecule has 1 aliphatic heterocycles. The largest absolute Gasteiger partial charge is 0.480 e. The Kier molecular flexibility index (Phi) is 3.45. The molecule has 1 fully saturated rings. The van der Waals surface area contributed by atoms with Gasteiger partial charge in [0.1, 0.15) is 17.4 Å². The lowest BCUT2D eigenvalue weighted by Gasteiger charge is -2.27. The van der Waals surface area contributed by atoms with Crippen molar-refractivity contribution >= 4 is 23.0 Å². The van der Waals surface area contributed by atoms with E-state index < -0.39 is 12.0 Å². The number of hydrogen-bond acceptors (Lipinski definition) is 5. The summed E-state index contributed by atoms with van der Waals surface area (Å²) in [6.45, 7) is 0.718. The number of rotatable bonds is 2. The standard InChI is InChI=1S/C14H16N4O2/c19-14(20)11-4-2-1-3-9-18(11)12-6-5-10-13(17-12)16-8-7-15-10/h5-8,11H,1-4,9H2,(H,19,20). The highest BCUT2D eigenvalue weighted by Crippen LogP contribution is 2.24. The number of pyridine rings is 1. The van der Waals surface area contributed by atoms with E-state index in [2.05, 4.69) is 15.0 Å². The molecule has 1 saturated heterocycles. The Morgan fingerprint density at radius 2 is 2.05 bits per heavy atom. The van der Waals surface area contributed by atoms with Gasteiger partial charge in [0.15, 0.2) is 5.65 Å². The maximum Gasteiger partial charge on any atom is 0.326 e. The maximum atomic E-state index is 11.5. The van der Waals surface area contributed by atoms with Gasteiger partial charge in [0.2, 0.25) is 0 Å². The Bertz CT molecular complexity index is 631. The number of carboxylic acids is 1. The highest BCUT2D eigenvalue weighted by Gasteiger charge is 2.28. The lowest BCUT2D eigenvalue weighted by atomic mass is 10.1. The van der Waals surface area contributed by atoms with Crippen LogP contribution in [0.4, 0.5) is 5.82 Å². The van der Waals surface area contributed by atoms with E-state index in [-0.39, 0.29) is 0 Å². The summed E-state index contributed by atoms with van der Waals surface area (Å²) in [5.41, 5.74) is 1.27. The van der Waals surface area contributed by atoms with Gasteiger partial charge in [-0.05, 0) is 25.0 Å². The molecule has 0 bridgehead atoms. The quantitative estimate of drug-likeness (QED) is 0.899. The average Bonchev–Trinajstić information content (AvgIpc) is 2.72. The molecule has 0 amide bonds. The van der Waals surface area contributed by atoms with Crippen molar-refractivity contribution in [3.8, 4) is 0 Å². The second kappa shape index (κ2) is 5.40. The van der Waals surface area contributed by atoms with E-state index in [1.54, 1.807) is 12.4 Å². The first-order chi connectivity index (χ1) is 9.75. The summed E-state index contributed by atoms with van der Waals surface area (Å²) >= 11 is 0. The van der Waals surface area contributed by atoms with Crippen molar-refractivity contribution in [2.45, 2.75) is 31.7 Å². The van der Waals surface area contributed by atoms with Crippen LogP contribution in [0, 0.1) is 0 Å². The minimum absolute atomic E-state index is 0.501. The van der Waals surface area contributed by atoms with Gasteiger partial charge in [0.25, 0.3) is 0 Å². The summed E-state index contributed by atoms with van der Waals surface area (Å²) in [5.74, 6) is -0.111. The van der Waals surface area contributed by atoms with Crippen molar-refractivity contribution in [1.29, 1.82) is 0 Å². The Morgan fingerprint density at radius 3 is 2.90 bits per heavy atom. The van der Waals surface area contributed by atoms with Gasteiger partial charge in [-0.1, -0.05) is 12.8 Å². The molecule has 3 rings (SSSR count). The van der Waals surface area contributed by atoms with Crippen LogP contribution in [0.1, 0.15) is 25.7 Å². The van der Waals surface area contributed by atoms with Gasteiger partial charge in [0.05, 0.1) is 0 Å². The van der Waals surface area contributed by atoms with Gasteiger partial charge in [-0.2, -0.15) is 0 Å². The second-order valence-electron chi connectivity index (χ2n) is 4.97. The van der Waals surface area contributed by atoms with Crippen LogP contribution in [0.5, 0.6) is 0 Å². The molecule has 1 aliphatic rings. The average molecular weight is 272 g/mol. The van der Waals surface area contributed by atoms with Crippen LogP contribution >= 0.6 is 0 Å². The normalized spacial score (nSPS) is 19.8. The third-order valence-corrected chi connectivity index (χ3v) is 3.65. The molecule has 20 heavy (non-hydrogen) atoms. The molecule has 2 aromatic heterocycles. The SMILES string of the molecule is O=C(O)C1CCCCCN1c1ccc2nccnc2n1. The number of carboxylic acid groups (broad SMARTS) is 1. The summed E-state index contributed by atoms with van der Waals surface area (Å²) in [7, 11) is 0. The highest BCUT2D eigenvalue weighted by atomic mass is 16.4. The third-order valence-electron chi connectivity index (χ3n) is 3.65. The fourth-order valence-corrected chi connectivity index (χ4v) is 2.64. The predicted octanol–water partition coefficient (Wildman–Crippen LogP) is 1.86. The highest BCUT2D eigenvalue weighted by molar-refractivity contribution is 5.79. The van der Waals surface area contributed by atoms with Crippen molar-refractivity contribution in [2.24, 2.45) is 0 Å². The molecule has 0 saturated carbocycles. The first-order valence-corrected chi connectivity index (χ1v) is 6.83. The van der Waals surface area contributed by atoms with Crippen LogP contribution in [0.2, 0.25) is 0 Å². The number of aliphatic carboxylic acids is 1. The molecule has 0 spiro atoms. The summed E-state index contributed by atoms with van der Waals surface area (Å²) in [4.78, 5) is 26.2. The Hall–Kier alpha value is -2.24. The fraction of sp³-hybridized carbons (Fsp3) is 0.429.